The summed E-state index contributed by atoms with van der Waals surface area (Å²) in [5, 5.41) is 0. The fraction of sp³-hybridized carbons (Fsp3) is 0.300. The molecule has 1 aromatic rings. The number of rotatable bonds is 4. The minimum Gasteiger partial charge on any atom is -0.497 e. The number of carbonyl (C=O) groups is 1. The molecule has 1 aromatic carbocycles. The van der Waals surface area contributed by atoms with Crippen LogP contribution in [-0.2, 0) is 11.2 Å². The zero-order valence-electron chi connectivity index (χ0n) is 7.92. The van der Waals surface area contributed by atoms with Gasteiger partial charge < -0.3 is 10.5 Å². The van der Waals surface area contributed by atoms with Crippen LogP contribution in [0.5, 0.6) is 5.75 Å². The second kappa shape index (κ2) is 4.72. The lowest BCUT2D eigenvalue weighted by Crippen LogP contribution is -2.16. The monoisotopic (exact) mass is 197 g/mol. The van der Waals surface area contributed by atoms with E-state index in [-0.39, 0.29) is 18.7 Å². The first-order chi connectivity index (χ1) is 6.67. The van der Waals surface area contributed by atoms with Gasteiger partial charge in [0.1, 0.15) is 11.6 Å². The quantitative estimate of drug-likeness (QED) is 0.780. The van der Waals surface area contributed by atoms with Gasteiger partial charge in [-0.25, -0.2) is 4.39 Å². The second-order valence-corrected chi connectivity index (χ2v) is 2.88. The Kier molecular flexibility index (Phi) is 3.59. The molecule has 0 bridgehead atoms. The van der Waals surface area contributed by atoms with Crippen molar-refractivity contribution in [3.05, 3.63) is 29.6 Å². The van der Waals surface area contributed by atoms with Crippen molar-refractivity contribution in [3.8, 4) is 5.75 Å². The molecule has 0 spiro atoms. The highest BCUT2D eigenvalue weighted by atomic mass is 19.1. The van der Waals surface area contributed by atoms with Gasteiger partial charge in [0, 0.05) is 12.5 Å². The van der Waals surface area contributed by atoms with E-state index in [1.54, 1.807) is 6.07 Å². The third kappa shape index (κ3) is 2.53. The molecule has 0 aliphatic carbocycles. The molecular formula is C10H12FNO2. The van der Waals surface area contributed by atoms with E-state index < -0.39 is 5.82 Å². The molecule has 0 amide bonds. The Bertz CT molecular complexity index is 339. The van der Waals surface area contributed by atoms with E-state index in [2.05, 4.69) is 0 Å². The SMILES string of the molecule is COc1ccc(CC(=O)CN)c(F)c1. The first-order valence-corrected chi connectivity index (χ1v) is 4.21. The molecule has 1 rings (SSSR count). The number of ketones is 1. The molecule has 3 nitrogen and oxygen atoms in total. The molecule has 14 heavy (non-hydrogen) atoms. The summed E-state index contributed by atoms with van der Waals surface area (Å²) in [5.41, 5.74) is 5.48. The van der Waals surface area contributed by atoms with Gasteiger partial charge in [0.15, 0.2) is 5.78 Å². The Morgan fingerprint density at radius 2 is 2.29 bits per heavy atom. The Morgan fingerprint density at radius 1 is 1.57 bits per heavy atom. The topological polar surface area (TPSA) is 52.3 Å². The minimum absolute atomic E-state index is 0.0341. The molecule has 0 radical (unpaired) electrons. The van der Waals surface area contributed by atoms with Gasteiger partial charge in [-0.1, -0.05) is 6.07 Å². The van der Waals surface area contributed by atoms with Crippen molar-refractivity contribution in [2.45, 2.75) is 6.42 Å². The number of carbonyl (C=O) groups excluding carboxylic acids is 1. The molecule has 0 heterocycles. The summed E-state index contributed by atoms with van der Waals surface area (Å²) in [6.45, 7) is -0.0640. The van der Waals surface area contributed by atoms with Crippen LogP contribution in [0.3, 0.4) is 0 Å². The van der Waals surface area contributed by atoms with Crippen molar-refractivity contribution >= 4 is 5.78 Å². The number of hydrogen-bond acceptors (Lipinski definition) is 3. The molecule has 76 valence electrons. The molecule has 0 fully saturated rings. The predicted molar refractivity (Wildman–Crippen MR) is 50.7 cm³/mol. The lowest BCUT2D eigenvalue weighted by atomic mass is 10.1. The molecule has 0 aliphatic heterocycles. The largest absolute Gasteiger partial charge is 0.497 e. The number of hydrogen-bond donors (Lipinski definition) is 1. The molecule has 0 saturated heterocycles. The fourth-order valence-corrected chi connectivity index (χ4v) is 1.08. The van der Waals surface area contributed by atoms with Gasteiger partial charge in [-0.2, -0.15) is 0 Å². The summed E-state index contributed by atoms with van der Waals surface area (Å²) in [7, 11) is 1.46. The Hall–Kier alpha value is -1.42. The zero-order chi connectivity index (χ0) is 10.6. The van der Waals surface area contributed by atoms with Crippen LogP contribution in [0, 0.1) is 5.82 Å². The average Bonchev–Trinajstić information content (AvgIpc) is 2.20. The number of ether oxygens (including phenoxy) is 1. The molecule has 0 aromatic heterocycles. The second-order valence-electron chi connectivity index (χ2n) is 2.88. The lowest BCUT2D eigenvalue weighted by Gasteiger charge is -2.04. The van der Waals surface area contributed by atoms with Crippen LogP contribution in [0.4, 0.5) is 4.39 Å². The highest BCUT2D eigenvalue weighted by Gasteiger charge is 2.07. The van der Waals surface area contributed by atoms with E-state index in [1.165, 1.54) is 19.2 Å². The molecule has 0 saturated carbocycles. The average molecular weight is 197 g/mol. The number of halogens is 1. The van der Waals surface area contributed by atoms with Crippen LogP contribution in [0.15, 0.2) is 18.2 Å². The summed E-state index contributed by atoms with van der Waals surface area (Å²) in [6.07, 6.45) is 0.0341. The summed E-state index contributed by atoms with van der Waals surface area (Å²) in [4.78, 5) is 11.0. The van der Waals surface area contributed by atoms with E-state index in [0.29, 0.717) is 11.3 Å². The molecule has 0 unspecified atom stereocenters. The van der Waals surface area contributed by atoms with Crippen LogP contribution in [0.25, 0.3) is 0 Å². The summed E-state index contributed by atoms with van der Waals surface area (Å²) in [5.74, 6) is -0.188. The van der Waals surface area contributed by atoms with Gasteiger partial charge in [-0.3, -0.25) is 4.79 Å². The number of nitrogens with two attached hydrogens (primary N) is 1. The first kappa shape index (κ1) is 10.7. The molecular weight excluding hydrogens is 185 g/mol. The van der Waals surface area contributed by atoms with Gasteiger partial charge in [-0.05, 0) is 11.6 Å². The van der Waals surface area contributed by atoms with E-state index in [4.69, 9.17) is 10.5 Å². The Morgan fingerprint density at radius 3 is 2.79 bits per heavy atom. The molecule has 2 N–H and O–H groups in total. The van der Waals surface area contributed by atoms with Crippen molar-refractivity contribution in [1.29, 1.82) is 0 Å². The zero-order valence-corrected chi connectivity index (χ0v) is 7.92. The van der Waals surface area contributed by atoms with Crippen LogP contribution >= 0.6 is 0 Å². The maximum atomic E-state index is 13.3. The standard InChI is InChI=1S/C10H12FNO2/c1-14-9-3-2-7(10(11)5-9)4-8(13)6-12/h2-3,5H,4,6,12H2,1H3. The van der Waals surface area contributed by atoms with Crippen molar-refractivity contribution in [1.82, 2.24) is 0 Å². The Labute approximate surface area is 81.7 Å². The van der Waals surface area contributed by atoms with Gasteiger partial charge in [-0.15, -0.1) is 0 Å². The van der Waals surface area contributed by atoms with E-state index >= 15 is 0 Å². The maximum Gasteiger partial charge on any atom is 0.150 e. The molecule has 4 heteroatoms. The van der Waals surface area contributed by atoms with Crippen LogP contribution < -0.4 is 10.5 Å². The number of methoxy groups -OCH3 is 1. The summed E-state index contributed by atoms with van der Waals surface area (Å²) >= 11 is 0. The van der Waals surface area contributed by atoms with Crippen LogP contribution in [0.2, 0.25) is 0 Å². The van der Waals surface area contributed by atoms with Gasteiger partial charge in [0.25, 0.3) is 0 Å². The third-order valence-corrected chi connectivity index (χ3v) is 1.88. The van der Waals surface area contributed by atoms with E-state index in [9.17, 15) is 9.18 Å². The molecule has 0 aliphatic rings. The van der Waals surface area contributed by atoms with E-state index in [1.807, 2.05) is 0 Å². The number of Topliss-reactive ketones (excluding diaryl/α,β-unsaturated/α-hetero) is 1. The third-order valence-electron chi connectivity index (χ3n) is 1.88. The Balaban J connectivity index is 2.83. The smallest absolute Gasteiger partial charge is 0.150 e. The van der Waals surface area contributed by atoms with Crippen molar-refractivity contribution in [2.75, 3.05) is 13.7 Å². The minimum atomic E-state index is -0.439. The van der Waals surface area contributed by atoms with Gasteiger partial charge in [0.2, 0.25) is 0 Å². The van der Waals surface area contributed by atoms with Crippen molar-refractivity contribution in [3.63, 3.8) is 0 Å². The van der Waals surface area contributed by atoms with Crippen molar-refractivity contribution in [2.24, 2.45) is 5.73 Å². The first-order valence-electron chi connectivity index (χ1n) is 4.21. The van der Waals surface area contributed by atoms with Crippen LogP contribution in [-0.4, -0.2) is 19.4 Å². The van der Waals surface area contributed by atoms with Gasteiger partial charge in [0.05, 0.1) is 13.7 Å². The normalized spacial score (nSPS) is 9.93. The van der Waals surface area contributed by atoms with Gasteiger partial charge >= 0.3 is 0 Å². The van der Waals surface area contributed by atoms with Crippen LogP contribution in [0.1, 0.15) is 5.56 Å². The highest BCUT2D eigenvalue weighted by molar-refractivity contribution is 5.82. The predicted octanol–water partition coefficient (Wildman–Crippen LogP) is 0.905. The fourth-order valence-electron chi connectivity index (χ4n) is 1.08. The van der Waals surface area contributed by atoms with E-state index in [0.717, 1.165) is 0 Å². The van der Waals surface area contributed by atoms with Crippen molar-refractivity contribution < 1.29 is 13.9 Å². The lowest BCUT2D eigenvalue weighted by molar-refractivity contribution is -0.117. The maximum absolute atomic E-state index is 13.3. The highest BCUT2D eigenvalue weighted by Crippen LogP contribution is 2.16. The number of benzene rings is 1. The summed E-state index contributed by atoms with van der Waals surface area (Å²) < 4.78 is 18.1. The molecule has 0 atom stereocenters. The summed E-state index contributed by atoms with van der Waals surface area (Å²) in [6, 6.07) is 4.39.